The van der Waals surface area contributed by atoms with Gasteiger partial charge < -0.3 is 14.5 Å². The van der Waals surface area contributed by atoms with Crippen LogP contribution in [0, 0.1) is 0 Å². The lowest BCUT2D eigenvalue weighted by Gasteiger charge is -2.31. The monoisotopic (exact) mass is 252 g/mol. The molecule has 0 amide bonds. The first-order valence-electron chi connectivity index (χ1n) is 4.58. The Bertz CT molecular complexity index is 329. The molecule has 0 aliphatic heterocycles. The summed E-state index contributed by atoms with van der Waals surface area (Å²) in [6.45, 7) is 9.19. The maximum Gasteiger partial charge on any atom is 0.470 e. The molecule has 0 saturated carbocycles. The molecule has 0 fully saturated rings. The molecule has 1 unspecified atom stereocenters. The molecule has 0 aromatic rings. The zero-order chi connectivity index (χ0) is 13.1. The first-order chi connectivity index (χ1) is 6.96. The maximum atomic E-state index is 11.2. The van der Waals surface area contributed by atoms with E-state index in [1.165, 1.54) is 27.7 Å². The molecule has 0 aromatic carbocycles. The predicted molar refractivity (Wildman–Crippen MR) is 57.6 cm³/mol. The molecule has 1 atom stereocenters. The van der Waals surface area contributed by atoms with Gasteiger partial charge >= 0.3 is 13.8 Å². The molecule has 0 heterocycles. The van der Waals surface area contributed by atoms with Gasteiger partial charge in [0, 0.05) is 5.57 Å². The van der Waals surface area contributed by atoms with Gasteiger partial charge in [-0.1, -0.05) is 6.58 Å². The van der Waals surface area contributed by atoms with Crippen LogP contribution in [0.1, 0.15) is 27.7 Å². The molecule has 0 bridgehead atoms. The molecule has 94 valence electrons. The van der Waals surface area contributed by atoms with Gasteiger partial charge in [-0.2, -0.15) is 0 Å². The van der Waals surface area contributed by atoms with Crippen molar-refractivity contribution in [2.45, 2.75) is 39.4 Å². The van der Waals surface area contributed by atoms with Crippen LogP contribution in [0.5, 0.6) is 0 Å². The topological polar surface area (TPSA) is 93.1 Å². The van der Waals surface area contributed by atoms with Crippen molar-refractivity contribution in [3.8, 4) is 0 Å². The van der Waals surface area contributed by atoms with Gasteiger partial charge in [-0.3, -0.25) is 4.52 Å². The van der Waals surface area contributed by atoms with Crippen LogP contribution in [0.3, 0.4) is 0 Å². The number of hydrogen-bond acceptors (Lipinski definition) is 4. The minimum absolute atomic E-state index is 0.207. The van der Waals surface area contributed by atoms with Gasteiger partial charge in [0.1, 0.15) is 11.7 Å². The second-order valence-corrected chi connectivity index (χ2v) is 5.18. The van der Waals surface area contributed by atoms with E-state index in [1.807, 2.05) is 0 Å². The van der Waals surface area contributed by atoms with Crippen LogP contribution in [0.15, 0.2) is 12.2 Å². The first kappa shape index (κ1) is 15.3. The van der Waals surface area contributed by atoms with Gasteiger partial charge in [0.25, 0.3) is 0 Å². The fourth-order valence-corrected chi connectivity index (χ4v) is 1.55. The third-order valence-electron chi connectivity index (χ3n) is 1.97. The average molecular weight is 252 g/mol. The van der Waals surface area contributed by atoms with Crippen LogP contribution in [0.25, 0.3) is 0 Å². The smallest absolute Gasteiger partial charge is 0.456 e. The Morgan fingerprint density at radius 2 is 1.88 bits per heavy atom. The minimum atomic E-state index is -4.62. The van der Waals surface area contributed by atoms with E-state index in [0.29, 0.717) is 0 Å². The van der Waals surface area contributed by atoms with Gasteiger partial charge in [-0.15, -0.1) is 0 Å². The quantitative estimate of drug-likeness (QED) is 0.436. The Kier molecular flexibility index (Phi) is 4.88. The molecule has 2 N–H and O–H groups in total. The number of rotatable bonds is 5. The summed E-state index contributed by atoms with van der Waals surface area (Å²) in [6.07, 6.45) is -0.815. The van der Waals surface area contributed by atoms with Gasteiger partial charge in [0.15, 0.2) is 0 Å². The van der Waals surface area contributed by atoms with Gasteiger partial charge in [-0.05, 0) is 27.7 Å². The number of phosphoric ester groups is 1. The molecule has 0 aliphatic rings. The number of hydrogen-bond donors (Lipinski definition) is 2. The molecule has 0 spiro atoms. The van der Waals surface area contributed by atoms with Crippen LogP contribution in [0.2, 0.25) is 0 Å². The molecule has 0 aliphatic carbocycles. The average Bonchev–Trinajstić information content (AvgIpc) is 1.98. The summed E-state index contributed by atoms with van der Waals surface area (Å²) in [6, 6.07) is 0. The normalized spacial score (nSPS) is 14.4. The molecule has 6 nitrogen and oxygen atoms in total. The predicted octanol–water partition coefficient (Wildman–Crippen LogP) is 1.38. The van der Waals surface area contributed by atoms with E-state index in [1.54, 1.807) is 0 Å². The summed E-state index contributed by atoms with van der Waals surface area (Å²) in [5.74, 6) is -0.630. The van der Waals surface area contributed by atoms with E-state index in [9.17, 15) is 9.36 Å². The number of esters is 1. The van der Waals surface area contributed by atoms with Crippen molar-refractivity contribution in [1.82, 2.24) is 0 Å². The lowest BCUT2D eigenvalue weighted by molar-refractivity contribution is -0.154. The summed E-state index contributed by atoms with van der Waals surface area (Å²) in [7, 11) is -4.62. The third-order valence-corrected chi connectivity index (χ3v) is 2.67. The summed E-state index contributed by atoms with van der Waals surface area (Å²) >= 11 is 0. The Morgan fingerprint density at radius 1 is 1.44 bits per heavy atom. The van der Waals surface area contributed by atoms with Crippen LogP contribution in [-0.2, 0) is 18.6 Å². The standard InChI is InChI=1S/C9H17O6P/c1-6(2)8(10)14-7(3)9(4,5)15-16(11,12)13/h7H,1H2,2-5H3,(H2,11,12,13). The molecular formula is C9H17O6P. The molecular weight excluding hydrogens is 235 g/mol. The van der Waals surface area contributed by atoms with E-state index >= 15 is 0 Å². The lowest BCUT2D eigenvalue weighted by atomic mass is 10.0. The summed E-state index contributed by atoms with van der Waals surface area (Å²) < 4.78 is 20.1. The van der Waals surface area contributed by atoms with E-state index in [4.69, 9.17) is 14.5 Å². The van der Waals surface area contributed by atoms with Crippen LogP contribution >= 0.6 is 7.82 Å². The van der Waals surface area contributed by atoms with Crippen LogP contribution in [-0.4, -0.2) is 27.5 Å². The van der Waals surface area contributed by atoms with Crippen molar-refractivity contribution in [2.24, 2.45) is 0 Å². The maximum absolute atomic E-state index is 11.2. The fraction of sp³-hybridized carbons (Fsp3) is 0.667. The highest BCUT2D eigenvalue weighted by atomic mass is 31.2. The first-order valence-corrected chi connectivity index (χ1v) is 6.11. The van der Waals surface area contributed by atoms with Gasteiger partial charge in [-0.25, -0.2) is 9.36 Å². The number of carbonyl (C=O) groups is 1. The van der Waals surface area contributed by atoms with Crippen molar-refractivity contribution in [2.75, 3.05) is 0 Å². The fourth-order valence-electron chi connectivity index (χ4n) is 0.784. The van der Waals surface area contributed by atoms with Crippen molar-refractivity contribution in [1.29, 1.82) is 0 Å². The lowest BCUT2D eigenvalue weighted by Crippen LogP contribution is -2.39. The van der Waals surface area contributed by atoms with E-state index < -0.39 is 25.5 Å². The highest BCUT2D eigenvalue weighted by molar-refractivity contribution is 7.46. The van der Waals surface area contributed by atoms with Gasteiger partial charge in [0.05, 0.1) is 0 Å². The largest absolute Gasteiger partial charge is 0.470 e. The second-order valence-electron chi connectivity index (χ2n) is 4.01. The second kappa shape index (κ2) is 5.10. The molecule has 7 heteroatoms. The van der Waals surface area contributed by atoms with Gasteiger partial charge in [0.2, 0.25) is 0 Å². The van der Waals surface area contributed by atoms with Crippen molar-refractivity contribution in [3.63, 3.8) is 0 Å². The van der Waals surface area contributed by atoms with Crippen LogP contribution in [0.4, 0.5) is 0 Å². The van der Waals surface area contributed by atoms with Crippen molar-refractivity contribution >= 4 is 13.8 Å². The molecule has 0 rings (SSSR count). The Morgan fingerprint density at radius 3 is 2.19 bits per heavy atom. The number of phosphoric acid groups is 1. The Labute approximate surface area is 94.5 Å². The molecule has 16 heavy (non-hydrogen) atoms. The molecule has 0 saturated heterocycles. The van der Waals surface area contributed by atoms with Crippen LogP contribution < -0.4 is 0 Å². The van der Waals surface area contributed by atoms with E-state index in [0.717, 1.165) is 0 Å². The molecule has 0 aromatic heterocycles. The minimum Gasteiger partial charge on any atom is -0.456 e. The summed E-state index contributed by atoms with van der Waals surface area (Å²) in [4.78, 5) is 28.5. The summed E-state index contributed by atoms with van der Waals surface area (Å²) in [5, 5.41) is 0. The molecule has 0 radical (unpaired) electrons. The Balaban J connectivity index is 4.58. The summed E-state index contributed by atoms with van der Waals surface area (Å²) in [5.41, 5.74) is -1.08. The number of carbonyl (C=O) groups excluding carboxylic acids is 1. The SMILES string of the molecule is C=C(C)C(=O)OC(C)C(C)(C)OP(=O)(O)O. The van der Waals surface area contributed by atoms with Crippen molar-refractivity contribution in [3.05, 3.63) is 12.2 Å². The van der Waals surface area contributed by atoms with E-state index in [2.05, 4.69) is 11.1 Å². The third kappa shape index (κ3) is 5.42. The van der Waals surface area contributed by atoms with Crippen molar-refractivity contribution < 1.29 is 28.4 Å². The zero-order valence-electron chi connectivity index (χ0n) is 9.76. The zero-order valence-corrected chi connectivity index (χ0v) is 10.7. The highest BCUT2D eigenvalue weighted by Gasteiger charge is 2.36. The highest BCUT2D eigenvalue weighted by Crippen LogP contribution is 2.42. The Hall–Kier alpha value is -0.680. The van der Waals surface area contributed by atoms with E-state index in [-0.39, 0.29) is 5.57 Å². The number of ether oxygens (including phenoxy) is 1.